The van der Waals surface area contributed by atoms with Crippen LogP contribution in [0.4, 0.5) is 0 Å². The third-order valence-corrected chi connectivity index (χ3v) is 4.68. The number of aliphatic imine (C=N–C) groups is 1. The highest BCUT2D eigenvalue weighted by Crippen LogP contribution is 2.20. The molecule has 2 aliphatic heterocycles. The molecule has 2 heterocycles. The lowest BCUT2D eigenvalue weighted by Gasteiger charge is -2.31. The van der Waals surface area contributed by atoms with Crippen molar-refractivity contribution in [2.75, 3.05) is 32.8 Å². The van der Waals surface area contributed by atoms with Crippen LogP contribution in [0.25, 0.3) is 6.08 Å². The van der Waals surface area contributed by atoms with E-state index in [0.717, 1.165) is 58.0 Å². The Morgan fingerprint density at radius 2 is 2.04 bits per heavy atom. The molecule has 1 N–H and O–H groups in total. The molecule has 0 bridgehead atoms. The Labute approximate surface area is 168 Å². The van der Waals surface area contributed by atoms with E-state index in [2.05, 4.69) is 53.5 Å². The van der Waals surface area contributed by atoms with Gasteiger partial charge < -0.3 is 15.0 Å². The zero-order chi connectivity index (χ0) is 16.6. The van der Waals surface area contributed by atoms with Crippen molar-refractivity contribution in [3.8, 4) is 0 Å². The molecule has 0 aromatic heterocycles. The highest BCUT2D eigenvalue weighted by molar-refractivity contribution is 14.0. The van der Waals surface area contributed by atoms with Gasteiger partial charge in [0, 0.05) is 26.2 Å². The average Bonchev–Trinajstić information content (AvgIpc) is 3.14. The standard InChI is InChI=1S/C20H29N3O.HI/c1-2-21-20(22-16-19-9-6-14-24-19)23-12-10-18(11-13-23)15-17-7-4-3-5-8-17;/h3-5,7-8,15,19H,2,6,9-14,16H2,1H3,(H,21,22);1H. The fraction of sp³-hybridized carbons (Fsp3) is 0.550. The quantitative estimate of drug-likeness (QED) is 0.425. The summed E-state index contributed by atoms with van der Waals surface area (Å²) in [7, 11) is 0. The summed E-state index contributed by atoms with van der Waals surface area (Å²) in [4.78, 5) is 7.20. The Bertz CT molecular complexity index is 558. The maximum absolute atomic E-state index is 5.69. The molecule has 2 saturated heterocycles. The summed E-state index contributed by atoms with van der Waals surface area (Å²) in [6.07, 6.45) is 7.20. The third-order valence-electron chi connectivity index (χ3n) is 4.68. The Kier molecular flexibility index (Phi) is 8.75. The number of ether oxygens (including phenoxy) is 1. The number of halogens is 1. The van der Waals surface area contributed by atoms with Crippen LogP contribution in [-0.4, -0.2) is 49.7 Å². The van der Waals surface area contributed by atoms with Gasteiger partial charge in [0.15, 0.2) is 5.96 Å². The Morgan fingerprint density at radius 3 is 2.68 bits per heavy atom. The maximum Gasteiger partial charge on any atom is 0.194 e. The van der Waals surface area contributed by atoms with Gasteiger partial charge in [0.1, 0.15) is 0 Å². The van der Waals surface area contributed by atoms with Crippen LogP contribution in [0.2, 0.25) is 0 Å². The highest BCUT2D eigenvalue weighted by atomic mass is 127. The van der Waals surface area contributed by atoms with Gasteiger partial charge in [0.2, 0.25) is 0 Å². The van der Waals surface area contributed by atoms with Crippen LogP contribution in [0, 0.1) is 0 Å². The Morgan fingerprint density at radius 1 is 1.28 bits per heavy atom. The third kappa shape index (κ3) is 6.29. The van der Waals surface area contributed by atoms with Crippen LogP contribution in [0.1, 0.15) is 38.2 Å². The van der Waals surface area contributed by atoms with Gasteiger partial charge in [-0.15, -0.1) is 24.0 Å². The largest absolute Gasteiger partial charge is 0.376 e. The summed E-state index contributed by atoms with van der Waals surface area (Å²) in [5.41, 5.74) is 2.84. The first-order valence-corrected chi connectivity index (χ1v) is 9.24. The zero-order valence-corrected chi connectivity index (χ0v) is 17.4. The molecule has 0 saturated carbocycles. The number of guanidine groups is 1. The maximum atomic E-state index is 5.69. The van der Waals surface area contributed by atoms with E-state index in [9.17, 15) is 0 Å². The van der Waals surface area contributed by atoms with E-state index in [1.54, 1.807) is 0 Å². The second kappa shape index (κ2) is 10.8. The second-order valence-corrected chi connectivity index (χ2v) is 6.53. The van der Waals surface area contributed by atoms with E-state index in [4.69, 9.17) is 9.73 Å². The summed E-state index contributed by atoms with van der Waals surface area (Å²) in [5, 5.41) is 3.44. The molecule has 1 aromatic rings. The van der Waals surface area contributed by atoms with Crippen LogP contribution in [0.3, 0.4) is 0 Å². The number of benzene rings is 1. The number of hydrogen-bond acceptors (Lipinski definition) is 2. The summed E-state index contributed by atoms with van der Waals surface area (Å²) in [6, 6.07) is 10.6. The van der Waals surface area contributed by atoms with Crippen molar-refractivity contribution >= 4 is 36.0 Å². The first-order valence-electron chi connectivity index (χ1n) is 9.24. The fourth-order valence-electron chi connectivity index (χ4n) is 3.34. The summed E-state index contributed by atoms with van der Waals surface area (Å²) in [6.45, 7) is 6.80. The number of piperidine rings is 1. The minimum absolute atomic E-state index is 0. The van der Waals surface area contributed by atoms with Gasteiger partial charge in [-0.2, -0.15) is 0 Å². The molecule has 5 heteroatoms. The monoisotopic (exact) mass is 455 g/mol. The van der Waals surface area contributed by atoms with Gasteiger partial charge in [-0.3, -0.25) is 4.99 Å². The van der Waals surface area contributed by atoms with E-state index < -0.39 is 0 Å². The first-order chi connectivity index (χ1) is 11.8. The molecule has 138 valence electrons. The predicted octanol–water partition coefficient (Wildman–Crippen LogP) is 3.93. The van der Waals surface area contributed by atoms with Crippen LogP contribution in [0.15, 0.2) is 40.9 Å². The van der Waals surface area contributed by atoms with Crippen LogP contribution < -0.4 is 5.32 Å². The topological polar surface area (TPSA) is 36.9 Å². The number of rotatable bonds is 4. The fourth-order valence-corrected chi connectivity index (χ4v) is 3.34. The number of nitrogens with one attached hydrogen (secondary N) is 1. The van der Waals surface area contributed by atoms with Gasteiger partial charge in [-0.05, 0) is 38.2 Å². The molecule has 0 aliphatic carbocycles. The van der Waals surface area contributed by atoms with E-state index >= 15 is 0 Å². The zero-order valence-electron chi connectivity index (χ0n) is 15.1. The van der Waals surface area contributed by atoms with Crippen molar-refractivity contribution in [2.24, 2.45) is 4.99 Å². The lowest BCUT2D eigenvalue weighted by molar-refractivity contribution is 0.117. The molecule has 1 unspecified atom stereocenters. The van der Waals surface area contributed by atoms with Crippen molar-refractivity contribution in [3.63, 3.8) is 0 Å². The molecule has 2 fully saturated rings. The smallest absolute Gasteiger partial charge is 0.194 e. The molecular formula is C20H30IN3O. The molecule has 0 amide bonds. The molecule has 1 aromatic carbocycles. The Hall–Kier alpha value is -1.08. The van der Waals surface area contributed by atoms with Gasteiger partial charge in [0.25, 0.3) is 0 Å². The van der Waals surface area contributed by atoms with Crippen LogP contribution >= 0.6 is 24.0 Å². The van der Waals surface area contributed by atoms with Crippen molar-refractivity contribution < 1.29 is 4.74 Å². The predicted molar refractivity (Wildman–Crippen MR) is 116 cm³/mol. The second-order valence-electron chi connectivity index (χ2n) is 6.53. The normalized spacial score (nSPS) is 21.0. The minimum atomic E-state index is 0. The van der Waals surface area contributed by atoms with E-state index in [-0.39, 0.29) is 24.0 Å². The average molecular weight is 455 g/mol. The van der Waals surface area contributed by atoms with Gasteiger partial charge in [-0.25, -0.2) is 0 Å². The molecule has 4 nitrogen and oxygen atoms in total. The minimum Gasteiger partial charge on any atom is -0.376 e. The number of hydrogen-bond donors (Lipinski definition) is 1. The first kappa shape index (κ1) is 20.2. The van der Waals surface area contributed by atoms with E-state index in [0.29, 0.717) is 6.10 Å². The summed E-state index contributed by atoms with van der Waals surface area (Å²) >= 11 is 0. The van der Waals surface area contributed by atoms with E-state index in [1.165, 1.54) is 17.6 Å². The molecule has 25 heavy (non-hydrogen) atoms. The lowest BCUT2D eigenvalue weighted by Crippen LogP contribution is -2.44. The number of nitrogens with zero attached hydrogens (tertiary/aromatic N) is 2. The van der Waals surface area contributed by atoms with E-state index in [1.807, 2.05) is 0 Å². The molecule has 3 rings (SSSR count). The molecule has 1 atom stereocenters. The molecular weight excluding hydrogens is 425 g/mol. The number of likely N-dealkylation sites (tertiary alicyclic amines) is 1. The van der Waals surface area contributed by atoms with Gasteiger partial charge in [0.05, 0.1) is 12.6 Å². The summed E-state index contributed by atoms with van der Waals surface area (Å²) in [5.74, 6) is 1.05. The molecule has 0 radical (unpaired) electrons. The van der Waals surface area contributed by atoms with Crippen LogP contribution in [-0.2, 0) is 4.74 Å². The molecule has 2 aliphatic rings. The lowest BCUT2D eigenvalue weighted by atomic mass is 10.0. The van der Waals surface area contributed by atoms with Crippen molar-refractivity contribution in [2.45, 2.75) is 38.7 Å². The van der Waals surface area contributed by atoms with Crippen molar-refractivity contribution in [1.29, 1.82) is 0 Å². The summed E-state index contributed by atoms with van der Waals surface area (Å²) < 4.78 is 5.69. The van der Waals surface area contributed by atoms with Gasteiger partial charge >= 0.3 is 0 Å². The van der Waals surface area contributed by atoms with Gasteiger partial charge in [-0.1, -0.05) is 42.0 Å². The highest BCUT2D eigenvalue weighted by Gasteiger charge is 2.19. The molecule has 0 spiro atoms. The Balaban J connectivity index is 0.00000225. The van der Waals surface area contributed by atoms with Crippen molar-refractivity contribution in [3.05, 3.63) is 41.5 Å². The SMILES string of the molecule is CCNC(=NCC1CCCO1)N1CCC(=Cc2ccccc2)CC1.I. The van der Waals surface area contributed by atoms with Crippen LogP contribution in [0.5, 0.6) is 0 Å². The van der Waals surface area contributed by atoms with Crippen molar-refractivity contribution in [1.82, 2.24) is 10.2 Å².